The number of hydrogen-bond donors (Lipinski definition) is 1. The highest BCUT2D eigenvalue weighted by atomic mass is 35.5. The van der Waals surface area contributed by atoms with Crippen LogP contribution in [0.3, 0.4) is 0 Å². The van der Waals surface area contributed by atoms with Crippen LogP contribution >= 0.6 is 12.4 Å². The molecule has 2 aliphatic heterocycles. The van der Waals surface area contributed by atoms with Crippen molar-refractivity contribution in [1.82, 2.24) is 9.80 Å². The lowest BCUT2D eigenvalue weighted by molar-refractivity contribution is -0.132. The monoisotopic (exact) mass is 355 g/mol. The molecule has 2 heterocycles. The van der Waals surface area contributed by atoms with E-state index < -0.39 is 0 Å². The van der Waals surface area contributed by atoms with E-state index in [9.17, 15) is 9.59 Å². The Morgan fingerprint density at radius 3 is 2.42 bits per heavy atom. The average molecular weight is 356 g/mol. The van der Waals surface area contributed by atoms with Crippen LogP contribution in [0.2, 0.25) is 0 Å². The number of hydrogen-bond acceptors (Lipinski definition) is 5. The number of piperazine rings is 1. The van der Waals surface area contributed by atoms with Gasteiger partial charge >= 0.3 is 0 Å². The lowest BCUT2D eigenvalue weighted by Crippen LogP contribution is -2.50. The van der Waals surface area contributed by atoms with Crippen LogP contribution in [-0.4, -0.2) is 61.1 Å². The molecule has 1 aromatic carbocycles. The van der Waals surface area contributed by atoms with E-state index in [1.807, 2.05) is 0 Å². The van der Waals surface area contributed by atoms with Crippen molar-refractivity contribution in [1.29, 1.82) is 0 Å². The van der Waals surface area contributed by atoms with Gasteiger partial charge in [-0.25, -0.2) is 0 Å². The Hall–Kier alpha value is -1.99. The lowest BCUT2D eigenvalue weighted by Gasteiger charge is -2.35. The molecule has 0 saturated carbocycles. The Bertz CT molecular complexity index is 603. The summed E-state index contributed by atoms with van der Waals surface area (Å²) in [6.07, 6.45) is 1.18. The van der Waals surface area contributed by atoms with Gasteiger partial charge in [0.15, 0.2) is 11.5 Å². The molecule has 0 aliphatic carbocycles. The predicted octanol–water partition coefficient (Wildman–Crippen LogP) is 0.860. The topological polar surface area (TPSA) is 85.1 Å². The third-order valence-electron chi connectivity index (χ3n) is 4.13. The van der Waals surface area contributed by atoms with Crippen molar-refractivity contribution in [2.24, 2.45) is 5.73 Å². The van der Waals surface area contributed by atoms with Crippen molar-refractivity contribution in [2.75, 3.05) is 39.5 Å². The fourth-order valence-corrected chi connectivity index (χ4v) is 2.78. The molecule has 8 heteroatoms. The molecule has 0 atom stereocenters. The highest BCUT2D eigenvalue weighted by Crippen LogP contribution is 2.32. The summed E-state index contributed by atoms with van der Waals surface area (Å²) in [6, 6.07) is 5.21. The normalized spacial score (nSPS) is 15.9. The fraction of sp³-hybridized carbons (Fsp3) is 0.500. The summed E-state index contributed by atoms with van der Waals surface area (Å²) in [5.74, 6) is 1.34. The van der Waals surface area contributed by atoms with E-state index >= 15 is 0 Å². The molecular weight excluding hydrogens is 334 g/mol. The molecule has 132 valence electrons. The molecule has 1 fully saturated rings. The standard InChI is InChI=1S/C16H21N3O4.ClH/c17-5-1-2-15(20)18-6-8-19(9-7-18)16(21)12-3-4-13-14(10-12)23-11-22-13;/h3-4,10H,1-2,5-9,11,17H2;1H. The third kappa shape index (κ3) is 3.91. The second-order valence-corrected chi connectivity index (χ2v) is 5.63. The minimum atomic E-state index is -0.0441. The maximum Gasteiger partial charge on any atom is 0.254 e. The van der Waals surface area contributed by atoms with Crippen LogP contribution in [0, 0.1) is 0 Å². The van der Waals surface area contributed by atoms with Gasteiger partial charge in [-0.05, 0) is 31.2 Å². The number of carbonyl (C=O) groups excluding carboxylic acids is 2. The van der Waals surface area contributed by atoms with Gasteiger partial charge in [-0.3, -0.25) is 9.59 Å². The highest BCUT2D eigenvalue weighted by Gasteiger charge is 2.25. The number of fused-ring (bicyclic) bond motifs is 1. The van der Waals surface area contributed by atoms with Gasteiger partial charge in [-0.2, -0.15) is 0 Å². The summed E-state index contributed by atoms with van der Waals surface area (Å²) in [7, 11) is 0. The van der Waals surface area contributed by atoms with Gasteiger partial charge in [0.2, 0.25) is 12.7 Å². The second kappa shape index (κ2) is 8.21. The van der Waals surface area contributed by atoms with Crippen molar-refractivity contribution in [3.8, 4) is 11.5 Å². The van der Waals surface area contributed by atoms with Crippen molar-refractivity contribution < 1.29 is 19.1 Å². The third-order valence-corrected chi connectivity index (χ3v) is 4.13. The molecule has 0 spiro atoms. The van der Waals surface area contributed by atoms with Gasteiger partial charge in [0.25, 0.3) is 5.91 Å². The molecule has 0 bridgehead atoms. The SMILES string of the molecule is Cl.NCCCC(=O)N1CCN(C(=O)c2ccc3c(c2)OCO3)CC1. The molecule has 0 radical (unpaired) electrons. The molecule has 2 N–H and O–H groups in total. The Morgan fingerprint density at radius 1 is 1.04 bits per heavy atom. The molecule has 1 saturated heterocycles. The van der Waals surface area contributed by atoms with E-state index in [1.165, 1.54) is 0 Å². The van der Waals surface area contributed by atoms with Gasteiger partial charge < -0.3 is 25.0 Å². The number of amides is 2. The Balaban J connectivity index is 0.00000208. The molecule has 2 aliphatic rings. The van der Waals surface area contributed by atoms with Crippen molar-refractivity contribution in [3.05, 3.63) is 23.8 Å². The van der Waals surface area contributed by atoms with Crippen LogP contribution in [0.1, 0.15) is 23.2 Å². The summed E-state index contributed by atoms with van der Waals surface area (Å²) >= 11 is 0. The minimum Gasteiger partial charge on any atom is -0.454 e. The first-order valence-electron chi connectivity index (χ1n) is 7.86. The van der Waals surface area contributed by atoms with E-state index in [1.54, 1.807) is 28.0 Å². The zero-order chi connectivity index (χ0) is 16.2. The summed E-state index contributed by atoms with van der Waals surface area (Å²) < 4.78 is 10.6. The summed E-state index contributed by atoms with van der Waals surface area (Å²) in [6.45, 7) is 2.94. The molecule has 0 unspecified atom stereocenters. The van der Waals surface area contributed by atoms with Crippen molar-refractivity contribution in [3.63, 3.8) is 0 Å². The summed E-state index contributed by atoms with van der Waals surface area (Å²) in [4.78, 5) is 28.1. The van der Waals surface area contributed by atoms with Gasteiger partial charge in [0.1, 0.15) is 0 Å². The number of rotatable bonds is 4. The molecule has 2 amide bonds. The minimum absolute atomic E-state index is 0. The maximum atomic E-state index is 12.6. The first-order valence-corrected chi connectivity index (χ1v) is 7.86. The van der Waals surface area contributed by atoms with E-state index in [2.05, 4.69) is 0 Å². The smallest absolute Gasteiger partial charge is 0.254 e. The first kappa shape index (κ1) is 18.4. The number of halogens is 1. The Labute approximate surface area is 147 Å². The van der Waals surface area contributed by atoms with Crippen molar-refractivity contribution in [2.45, 2.75) is 12.8 Å². The van der Waals surface area contributed by atoms with Crippen LogP contribution in [0.15, 0.2) is 18.2 Å². The number of nitrogens with zero attached hydrogens (tertiary/aromatic N) is 2. The quantitative estimate of drug-likeness (QED) is 0.865. The van der Waals surface area contributed by atoms with E-state index in [0.717, 1.165) is 0 Å². The van der Waals surface area contributed by atoms with E-state index in [-0.39, 0.29) is 31.0 Å². The van der Waals surface area contributed by atoms with Crippen molar-refractivity contribution >= 4 is 24.2 Å². The summed E-state index contributed by atoms with van der Waals surface area (Å²) in [5.41, 5.74) is 6.01. The van der Waals surface area contributed by atoms with Crippen LogP contribution in [0.25, 0.3) is 0 Å². The van der Waals surface area contributed by atoms with Gasteiger partial charge in [-0.15, -0.1) is 12.4 Å². The summed E-state index contributed by atoms with van der Waals surface area (Å²) in [5, 5.41) is 0. The lowest BCUT2D eigenvalue weighted by atomic mass is 10.1. The van der Waals surface area contributed by atoms with Crippen LogP contribution < -0.4 is 15.2 Å². The van der Waals surface area contributed by atoms with Gasteiger partial charge in [0.05, 0.1) is 0 Å². The predicted molar refractivity (Wildman–Crippen MR) is 90.6 cm³/mol. The molecule has 1 aromatic rings. The molecule has 7 nitrogen and oxygen atoms in total. The van der Waals surface area contributed by atoms with Gasteiger partial charge in [-0.1, -0.05) is 0 Å². The molecule has 3 rings (SSSR count). The Kier molecular flexibility index (Phi) is 6.28. The molecular formula is C16H22ClN3O4. The highest BCUT2D eigenvalue weighted by molar-refractivity contribution is 5.95. The zero-order valence-corrected chi connectivity index (χ0v) is 14.2. The molecule has 0 aromatic heterocycles. The average Bonchev–Trinajstić information content (AvgIpc) is 3.06. The number of nitrogens with two attached hydrogens (primary N) is 1. The zero-order valence-electron chi connectivity index (χ0n) is 13.4. The second-order valence-electron chi connectivity index (χ2n) is 5.63. The largest absolute Gasteiger partial charge is 0.454 e. The number of carbonyl (C=O) groups is 2. The van der Waals surface area contributed by atoms with E-state index in [4.69, 9.17) is 15.2 Å². The molecule has 24 heavy (non-hydrogen) atoms. The van der Waals surface area contributed by atoms with Crippen LogP contribution in [-0.2, 0) is 4.79 Å². The Morgan fingerprint density at radius 2 is 1.71 bits per heavy atom. The first-order chi connectivity index (χ1) is 11.2. The maximum absolute atomic E-state index is 12.6. The van der Waals surface area contributed by atoms with Gasteiger partial charge in [0, 0.05) is 38.2 Å². The number of ether oxygens (including phenoxy) is 2. The van der Waals surface area contributed by atoms with E-state index in [0.29, 0.717) is 62.6 Å². The number of benzene rings is 1. The van der Waals surface area contributed by atoms with Crippen LogP contribution in [0.5, 0.6) is 11.5 Å². The van der Waals surface area contributed by atoms with Crippen LogP contribution in [0.4, 0.5) is 0 Å². The fourth-order valence-electron chi connectivity index (χ4n) is 2.78.